The Kier molecular flexibility index (Phi) is 6.51. The van der Waals surface area contributed by atoms with Crippen molar-refractivity contribution in [1.29, 1.82) is 0 Å². The predicted octanol–water partition coefficient (Wildman–Crippen LogP) is 2.82. The van der Waals surface area contributed by atoms with E-state index in [2.05, 4.69) is 42.8 Å². The summed E-state index contributed by atoms with van der Waals surface area (Å²) < 4.78 is 0. The Bertz CT molecular complexity index is 293. The summed E-state index contributed by atoms with van der Waals surface area (Å²) >= 11 is 0. The zero-order valence-corrected chi connectivity index (χ0v) is 14.8. The van der Waals surface area contributed by atoms with Crippen molar-refractivity contribution >= 4 is 0 Å². The summed E-state index contributed by atoms with van der Waals surface area (Å²) in [5.74, 6) is 0.748. The number of rotatable bonds is 9. The summed E-state index contributed by atoms with van der Waals surface area (Å²) in [5, 5.41) is 3.70. The molecule has 1 aliphatic carbocycles. The molecule has 3 nitrogen and oxygen atoms in total. The minimum atomic E-state index is 0.436. The monoisotopic (exact) mass is 295 g/mol. The maximum atomic E-state index is 3.70. The van der Waals surface area contributed by atoms with Gasteiger partial charge in [-0.3, -0.25) is 4.90 Å². The van der Waals surface area contributed by atoms with Crippen LogP contribution >= 0.6 is 0 Å². The third-order valence-corrected chi connectivity index (χ3v) is 5.03. The molecular formula is C18H37N3. The van der Waals surface area contributed by atoms with E-state index in [9.17, 15) is 0 Å². The van der Waals surface area contributed by atoms with E-state index in [0.717, 1.165) is 18.5 Å². The second-order valence-corrected chi connectivity index (χ2v) is 8.13. The summed E-state index contributed by atoms with van der Waals surface area (Å²) in [6, 6.07) is 0.946. The highest BCUT2D eigenvalue weighted by atomic mass is 15.3. The first-order valence-electron chi connectivity index (χ1n) is 9.19. The van der Waals surface area contributed by atoms with Crippen LogP contribution in [0.3, 0.4) is 0 Å². The third kappa shape index (κ3) is 5.88. The van der Waals surface area contributed by atoms with E-state index < -0.39 is 0 Å². The van der Waals surface area contributed by atoms with E-state index in [1.54, 1.807) is 0 Å². The summed E-state index contributed by atoms with van der Waals surface area (Å²) in [5.41, 5.74) is 0.436. The van der Waals surface area contributed by atoms with Crippen molar-refractivity contribution < 1.29 is 0 Å². The van der Waals surface area contributed by atoms with Gasteiger partial charge in [-0.25, -0.2) is 0 Å². The highest BCUT2D eigenvalue weighted by molar-refractivity contribution is 4.89. The molecule has 21 heavy (non-hydrogen) atoms. The van der Waals surface area contributed by atoms with Gasteiger partial charge >= 0.3 is 0 Å². The van der Waals surface area contributed by atoms with Gasteiger partial charge in [0.05, 0.1) is 0 Å². The SMILES string of the molecule is CCCC(C)(CNCC(C)C)CN1CCN(C2CC2)CC1. The van der Waals surface area contributed by atoms with E-state index >= 15 is 0 Å². The smallest absolute Gasteiger partial charge is 0.0113 e. The first kappa shape index (κ1) is 17.2. The summed E-state index contributed by atoms with van der Waals surface area (Å²) in [6.07, 6.45) is 5.53. The van der Waals surface area contributed by atoms with Gasteiger partial charge in [0.2, 0.25) is 0 Å². The molecule has 0 aromatic heterocycles. The van der Waals surface area contributed by atoms with Crippen LogP contribution < -0.4 is 5.32 Å². The molecule has 0 bridgehead atoms. The van der Waals surface area contributed by atoms with Crippen LogP contribution in [-0.4, -0.2) is 61.7 Å². The van der Waals surface area contributed by atoms with Crippen LogP contribution in [0.5, 0.6) is 0 Å². The molecule has 1 N–H and O–H groups in total. The molecule has 1 aliphatic heterocycles. The maximum Gasteiger partial charge on any atom is 0.0113 e. The van der Waals surface area contributed by atoms with Crippen LogP contribution in [0, 0.1) is 11.3 Å². The van der Waals surface area contributed by atoms with Crippen molar-refractivity contribution in [3.05, 3.63) is 0 Å². The zero-order valence-electron chi connectivity index (χ0n) is 14.8. The lowest BCUT2D eigenvalue weighted by molar-refractivity contribution is 0.0820. The molecule has 0 aromatic rings. The molecule has 1 atom stereocenters. The first-order valence-corrected chi connectivity index (χ1v) is 9.19. The molecule has 0 radical (unpaired) electrons. The molecule has 0 aromatic carbocycles. The Morgan fingerprint density at radius 2 is 1.81 bits per heavy atom. The molecule has 3 heteroatoms. The fraction of sp³-hybridized carbons (Fsp3) is 1.00. The average molecular weight is 296 g/mol. The van der Waals surface area contributed by atoms with Crippen molar-refractivity contribution in [3.8, 4) is 0 Å². The fourth-order valence-corrected chi connectivity index (χ4v) is 3.76. The van der Waals surface area contributed by atoms with E-state index in [1.165, 1.54) is 65.0 Å². The lowest BCUT2D eigenvalue weighted by Crippen LogP contribution is -2.51. The number of piperazine rings is 1. The molecule has 1 saturated carbocycles. The Hall–Kier alpha value is -0.120. The number of nitrogens with one attached hydrogen (secondary N) is 1. The van der Waals surface area contributed by atoms with Gasteiger partial charge in [-0.1, -0.05) is 34.1 Å². The molecule has 1 heterocycles. The minimum absolute atomic E-state index is 0.436. The molecule has 1 unspecified atom stereocenters. The average Bonchev–Trinajstić information content (AvgIpc) is 3.23. The van der Waals surface area contributed by atoms with E-state index in [1.807, 2.05) is 0 Å². The normalized spacial score (nSPS) is 24.4. The van der Waals surface area contributed by atoms with Crippen molar-refractivity contribution in [2.45, 2.75) is 59.4 Å². The van der Waals surface area contributed by atoms with Crippen molar-refractivity contribution in [3.63, 3.8) is 0 Å². The van der Waals surface area contributed by atoms with Crippen LogP contribution in [0.4, 0.5) is 0 Å². The molecule has 2 fully saturated rings. The first-order chi connectivity index (χ1) is 10.0. The maximum absolute atomic E-state index is 3.70. The summed E-state index contributed by atoms with van der Waals surface area (Å²) in [6.45, 7) is 18.1. The minimum Gasteiger partial charge on any atom is -0.316 e. The Morgan fingerprint density at radius 3 is 2.33 bits per heavy atom. The molecule has 0 amide bonds. The molecule has 0 spiro atoms. The number of hydrogen-bond acceptors (Lipinski definition) is 3. The van der Waals surface area contributed by atoms with Crippen molar-refractivity contribution in [2.75, 3.05) is 45.8 Å². The van der Waals surface area contributed by atoms with E-state index in [0.29, 0.717) is 5.41 Å². The zero-order chi connectivity index (χ0) is 15.3. The van der Waals surface area contributed by atoms with E-state index in [-0.39, 0.29) is 0 Å². The van der Waals surface area contributed by atoms with Crippen LogP contribution in [0.15, 0.2) is 0 Å². The molecule has 2 rings (SSSR count). The predicted molar refractivity (Wildman–Crippen MR) is 91.8 cm³/mol. The summed E-state index contributed by atoms with van der Waals surface area (Å²) in [4.78, 5) is 5.43. The lowest BCUT2D eigenvalue weighted by atomic mass is 9.84. The van der Waals surface area contributed by atoms with Crippen LogP contribution in [-0.2, 0) is 0 Å². The van der Waals surface area contributed by atoms with Gasteiger partial charge in [-0.05, 0) is 37.1 Å². The molecular weight excluding hydrogens is 258 g/mol. The van der Waals surface area contributed by atoms with Crippen LogP contribution in [0.2, 0.25) is 0 Å². The standard InChI is InChI=1S/C18H37N3/c1-5-8-18(4,14-19-13-16(2)3)15-20-9-11-21(12-10-20)17-6-7-17/h16-17,19H,5-15H2,1-4H3. The number of hydrogen-bond donors (Lipinski definition) is 1. The van der Waals surface area contributed by atoms with Gasteiger partial charge in [0.15, 0.2) is 0 Å². The molecule has 2 aliphatic rings. The number of nitrogens with zero attached hydrogens (tertiary/aromatic N) is 2. The van der Waals surface area contributed by atoms with Gasteiger partial charge in [0.1, 0.15) is 0 Å². The topological polar surface area (TPSA) is 18.5 Å². The van der Waals surface area contributed by atoms with Gasteiger partial charge < -0.3 is 10.2 Å². The highest BCUT2D eigenvalue weighted by Crippen LogP contribution is 2.29. The second-order valence-electron chi connectivity index (χ2n) is 8.13. The van der Waals surface area contributed by atoms with Crippen LogP contribution in [0.1, 0.15) is 53.4 Å². The highest BCUT2D eigenvalue weighted by Gasteiger charge is 2.33. The van der Waals surface area contributed by atoms with Gasteiger partial charge in [-0.15, -0.1) is 0 Å². The van der Waals surface area contributed by atoms with E-state index in [4.69, 9.17) is 0 Å². The van der Waals surface area contributed by atoms with Gasteiger partial charge in [0, 0.05) is 45.3 Å². The van der Waals surface area contributed by atoms with Crippen molar-refractivity contribution in [2.24, 2.45) is 11.3 Å². The lowest BCUT2D eigenvalue weighted by Gasteiger charge is -2.40. The van der Waals surface area contributed by atoms with Crippen LogP contribution in [0.25, 0.3) is 0 Å². The second kappa shape index (κ2) is 7.94. The molecule has 1 saturated heterocycles. The van der Waals surface area contributed by atoms with Gasteiger partial charge in [-0.2, -0.15) is 0 Å². The molecule has 124 valence electrons. The largest absolute Gasteiger partial charge is 0.316 e. The summed E-state index contributed by atoms with van der Waals surface area (Å²) in [7, 11) is 0. The third-order valence-electron chi connectivity index (χ3n) is 5.03. The quantitative estimate of drug-likeness (QED) is 0.706. The van der Waals surface area contributed by atoms with Crippen molar-refractivity contribution in [1.82, 2.24) is 15.1 Å². The van der Waals surface area contributed by atoms with Gasteiger partial charge in [0.25, 0.3) is 0 Å². The Labute approximate surface area is 132 Å². The fourth-order valence-electron chi connectivity index (χ4n) is 3.76. The Balaban J connectivity index is 1.75. The Morgan fingerprint density at radius 1 is 1.14 bits per heavy atom.